The molecule has 227 valence electrons. The van der Waals surface area contributed by atoms with Gasteiger partial charge in [-0.25, -0.2) is 0 Å². The third-order valence-corrected chi connectivity index (χ3v) is 16.1. The quantitative estimate of drug-likeness (QED) is 0.256. The molecule has 0 saturated carbocycles. The number of rotatable bonds is 6. The van der Waals surface area contributed by atoms with Crippen LogP contribution in [0, 0.1) is 46.4 Å². The summed E-state index contributed by atoms with van der Waals surface area (Å²) in [6.07, 6.45) is 0.674. The number of ether oxygens (including phenoxy) is 2. The molecule has 0 bridgehead atoms. The molecule has 38 heavy (non-hydrogen) atoms. The molecule has 4 atom stereocenters. The first-order chi connectivity index (χ1) is 16.1. The van der Waals surface area contributed by atoms with Crippen molar-refractivity contribution in [3.63, 3.8) is 0 Å². The van der Waals surface area contributed by atoms with E-state index in [0.29, 0.717) is 0 Å². The summed E-state index contributed by atoms with van der Waals surface area (Å²) in [4.78, 5) is 0. The molecule has 2 fully saturated rings. The van der Waals surface area contributed by atoms with Crippen LogP contribution in [0.2, 0.25) is 78.6 Å². The van der Waals surface area contributed by atoms with Gasteiger partial charge >= 0.3 is 0 Å². The Morgan fingerprint density at radius 2 is 0.789 bits per heavy atom. The maximum Gasteiger partial charge on any atom is 0.0291 e. The minimum Gasteiger partial charge on any atom is -0.668 e. The van der Waals surface area contributed by atoms with Gasteiger partial charge in [-0.05, 0) is 18.9 Å². The maximum absolute atomic E-state index is 5.77. The van der Waals surface area contributed by atoms with E-state index in [2.05, 4.69) is 120 Å². The zero-order valence-electron chi connectivity index (χ0n) is 28.6. The molecule has 11 heteroatoms. The molecule has 0 N–H and O–H groups in total. The van der Waals surface area contributed by atoms with Gasteiger partial charge in [-0.3, -0.25) is 0 Å². The summed E-state index contributed by atoms with van der Waals surface area (Å²) in [7, 11) is -4.42. The van der Waals surface area contributed by atoms with Crippen LogP contribution in [0.15, 0.2) is 0 Å². The van der Waals surface area contributed by atoms with Gasteiger partial charge in [-0.1, -0.05) is 164 Å². The summed E-state index contributed by atoms with van der Waals surface area (Å²) in [5, 5.41) is 9.50. The van der Waals surface area contributed by atoms with Crippen LogP contribution in [0.5, 0.6) is 0 Å². The van der Waals surface area contributed by atoms with Crippen LogP contribution in [-0.4, -0.2) is 70.7 Å². The molecule has 0 aromatic rings. The van der Waals surface area contributed by atoms with Gasteiger partial charge in [-0.2, -0.15) is 0 Å². The fourth-order valence-electron chi connectivity index (χ4n) is 4.37. The van der Waals surface area contributed by atoms with Gasteiger partial charge in [0.15, 0.2) is 0 Å². The summed E-state index contributed by atoms with van der Waals surface area (Å²) < 4.78 is 21.2. The first-order valence-corrected chi connectivity index (χ1v) is 28.0. The van der Waals surface area contributed by atoms with Crippen molar-refractivity contribution in [2.75, 3.05) is 13.2 Å². The van der Waals surface area contributed by atoms with Gasteiger partial charge < -0.3 is 29.4 Å². The second kappa shape index (κ2) is 16.1. The third-order valence-electron chi connectivity index (χ3n) is 5.33. The van der Waals surface area contributed by atoms with Crippen molar-refractivity contribution < 1.29 is 45.1 Å². The van der Waals surface area contributed by atoms with E-state index in [-0.39, 0.29) is 71.0 Å². The van der Waals surface area contributed by atoms with Gasteiger partial charge in [0.25, 0.3) is 0 Å². The fourth-order valence-corrected chi connectivity index (χ4v) is 20.5. The van der Waals surface area contributed by atoms with E-state index >= 15 is 0 Å². The zero-order chi connectivity index (χ0) is 29.7. The Hall–Kier alpha value is 1.82. The molecule has 2 rings (SSSR count). The van der Waals surface area contributed by atoms with Crippen LogP contribution >= 0.6 is 0 Å². The number of hydrogen-bond acceptors (Lipinski definition) is 2. The second-order valence-electron chi connectivity index (χ2n) is 16.8. The van der Waals surface area contributed by atoms with Crippen molar-refractivity contribution in [2.45, 2.75) is 151 Å². The van der Waals surface area contributed by atoms with E-state index in [4.69, 9.17) is 29.4 Å². The van der Waals surface area contributed by atoms with E-state index in [0.717, 1.165) is 19.6 Å². The minimum atomic E-state index is -1.11. The summed E-state index contributed by atoms with van der Waals surface area (Å²) in [6, 6.07) is 0.578. The average Bonchev–Trinajstić information content (AvgIpc) is 3.17. The van der Waals surface area contributed by atoms with Crippen LogP contribution in [-0.2, 0) is 9.47 Å². The third kappa shape index (κ3) is 22.4. The molecule has 6 nitrogen and oxygen atoms in total. The number of nitrogens with zero attached hydrogens (tertiary/aromatic N) is 4. The van der Waals surface area contributed by atoms with E-state index in [1.807, 2.05) is 0 Å². The predicted octanol–water partition coefficient (Wildman–Crippen LogP) is 9.73. The second-order valence-corrected chi connectivity index (χ2v) is 35.9. The Kier molecular flexibility index (Phi) is 17.7. The summed E-state index contributed by atoms with van der Waals surface area (Å²) in [6.45, 7) is 42.3. The van der Waals surface area contributed by atoms with Gasteiger partial charge in [0, 0.05) is 48.8 Å². The van der Waals surface area contributed by atoms with Crippen LogP contribution in [0.1, 0.15) is 48.0 Å². The Bertz CT molecular complexity index is 581. The first-order valence-electron chi connectivity index (χ1n) is 14.2. The van der Waals surface area contributed by atoms with E-state index in [9.17, 15) is 0 Å². The first kappa shape index (κ1) is 42.0. The molecule has 0 aromatic carbocycles. The summed E-state index contributed by atoms with van der Waals surface area (Å²) >= 11 is 0. The Morgan fingerprint density at radius 1 is 0.553 bits per heavy atom. The van der Waals surface area contributed by atoms with Crippen LogP contribution in [0.3, 0.4) is 0 Å². The Balaban J connectivity index is 0. The molecule has 2 saturated heterocycles. The van der Waals surface area contributed by atoms with Crippen molar-refractivity contribution in [3.05, 3.63) is 19.9 Å². The van der Waals surface area contributed by atoms with E-state index in [1.54, 1.807) is 0 Å². The van der Waals surface area contributed by atoms with Crippen LogP contribution < -0.4 is 0 Å². The van der Waals surface area contributed by atoms with Crippen LogP contribution in [0.4, 0.5) is 0 Å². The molecule has 2 unspecified atom stereocenters. The smallest absolute Gasteiger partial charge is 0.0291 e. The number of hydrogen-bond donors (Lipinski definition) is 0. The predicted molar refractivity (Wildman–Crippen MR) is 177 cm³/mol. The standard InChI is InChI=1S/C15H28N2O2.2C6H18NSi2.La/c1-14(2,3)10-8-18-12(16-10)7-13-17-11(9-19-13)15(4,5)6;2*1-8(2,3)7-9(4,5)6;/h10-13H,7-9H2,1-6H3;2*1-6H3;/q-2;2*-1;/t10-,11-,12?,13?;;;/m1.../s1. The van der Waals surface area contributed by atoms with Crippen molar-refractivity contribution >= 4 is 32.9 Å². The normalized spacial score (nSPS) is 25.1. The minimum absolute atomic E-state index is 0. The van der Waals surface area contributed by atoms with Gasteiger partial charge in [0.05, 0.1) is 0 Å². The average molecular weight is 728 g/mol. The zero-order valence-corrected chi connectivity index (χ0v) is 36.2. The monoisotopic (exact) mass is 727 g/mol. The van der Waals surface area contributed by atoms with Crippen LogP contribution in [0.25, 0.3) is 19.9 Å². The molecule has 2 aliphatic heterocycles. The molecule has 0 aliphatic carbocycles. The van der Waals surface area contributed by atoms with Crippen molar-refractivity contribution in [2.24, 2.45) is 10.8 Å². The Morgan fingerprint density at radius 3 is 0.921 bits per heavy atom. The Labute approximate surface area is 271 Å². The van der Waals surface area contributed by atoms with Crippen molar-refractivity contribution in [3.8, 4) is 0 Å². The molecular formula is C27H64LaN4O2Si4-4. The molecule has 0 amide bonds. The molecule has 2 heterocycles. The largest absolute Gasteiger partial charge is 0.668 e. The van der Waals surface area contributed by atoms with E-state index in [1.165, 1.54) is 0 Å². The molecule has 0 spiro atoms. The molecular weight excluding hydrogens is 664 g/mol. The topological polar surface area (TPSA) is 74.9 Å². The fraction of sp³-hybridized carbons (Fsp3) is 1.00. The van der Waals surface area contributed by atoms with E-state index < -0.39 is 32.9 Å². The summed E-state index contributed by atoms with van der Waals surface area (Å²) in [5.41, 5.74) is 0.354. The maximum atomic E-state index is 5.77. The van der Waals surface area contributed by atoms with Gasteiger partial charge in [0.2, 0.25) is 0 Å². The molecule has 0 aromatic heterocycles. The molecule has 1 radical (unpaired) electrons. The molecule has 2 aliphatic rings. The van der Waals surface area contributed by atoms with Gasteiger partial charge in [-0.15, -0.1) is 12.1 Å². The van der Waals surface area contributed by atoms with Gasteiger partial charge in [0.1, 0.15) is 0 Å². The van der Waals surface area contributed by atoms with Crippen molar-refractivity contribution in [1.82, 2.24) is 0 Å². The van der Waals surface area contributed by atoms with Crippen molar-refractivity contribution in [1.29, 1.82) is 0 Å². The summed E-state index contributed by atoms with van der Waals surface area (Å²) in [5.74, 6) is 0. The SMILES string of the molecule is CC(C)(C)[C@H]1COC(CC2[N-][C@@H](C(C)(C)C)CO2)[N-]1.C[Si](C)(C)[N-][Si](C)(C)C.C[Si](C)(C)[N-][Si](C)(C)C.[La].